The smallest absolute Gasteiger partial charge is 0.408 e. The van der Waals surface area contributed by atoms with Gasteiger partial charge in [-0.2, -0.15) is 0 Å². The Morgan fingerprint density at radius 3 is 2.21 bits per heavy atom. The van der Waals surface area contributed by atoms with Crippen molar-refractivity contribution in [2.75, 3.05) is 13.1 Å². The monoisotopic (exact) mass is 461 g/mol. The lowest BCUT2D eigenvalue weighted by molar-refractivity contribution is -0.141. The number of nitrogens with zero attached hydrogens (tertiary/aromatic N) is 1. The zero-order chi connectivity index (χ0) is 25.4. The largest absolute Gasteiger partial charge is 0.444 e. The van der Waals surface area contributed by atoms with Crippen LogP contribution in [-0.4, -0.2) is 47.0 Å². The molecule has 1 atom stereocenters. The Bertz CT molecular complexity index is 822. The van der Waals surface area contributed by atoms with E-state index in [0.717, 1.165) is 36.0 Å². The van der Waals surface area contributed by atoms with E-state index in [4.69, 9.17) is 4.74 Å². The molecular weight excluding hydrogens is 418 g/mol. The van der Waals surface area contributed by atoms with Gasteiger partial charge in [0, 0.05) is 12.1 Å². The van der Waals surface area contributed by atoms with Gasteiger partial charge in [-0.05, 0) is 72.9 Å². The van der Waals surface area contributed by atoms with Crippen molar-refractivity contribution in [1.29, 1.82) is 0 Å². The van der Waals surface area contributed by atoms with Gasteiger partial charge in [0.2, 0.25) is 11.8 Å². The van der Waals surface area contributed by atoms with E-state index >= 15 is 0 Å². The van der Waals surface area contributed by atoms with Gasteiger partial charge in [-0.1, -0.05) is 43.5 Å². The number of unbranched alkanes of at least 4 members (excludes halogenated alkanes) is 2. The zero-order valence-corrected chi connectivity index (χ0v) is 21.9. The summed E-state index contributed by atoms with van der Waals surface area (Å²) in [5, 5.41) is 5.59. The molecule has 0 spiro atoms. The van der Waals surface area contributed by atoms with E-state index in [1.54, 1.807) is 25.7 Å². The van der Waals surface area contributed by atoms with Gasteiger partial charge in [0.1, 0.15) is 18.2 Å². The van der Waals surface area contributed by atoms with Crippen molar-refractivity contribution in [1.82, 2.24) is 15.5 Å². The van der Waals surface area contributed by atoms with Crippen LogP contribution < -0.4 is 10.6 Å². The molecule has 7 heteroatoms. The number of ether oxygens (including phenoxy) is 1. The van der Waals surface area contributed by atoms with Crippen molar-refractivity contribution >= 4 is 17.9 Å². The Kier molecular flexibility index (Phi) is 10.4. The van der Waals surface area contributed by atoms with Crippen molar-refractivity contribution < 1.29 is 19.1 Å². The molecule has 0 radical (unpaired) electrons. The minimum Gasteiger partial charge on any atom is -0.444 e. The summed E-state index contributed by atoms with van der Waals surface area (Å²) in [6.07, 6.45) is 2.02. The summed E-state index contributed by atoms with van der Waals surface area (Å²) in [5.41, 5.74) is 1.61. The number of carbonyl (C=O) groups is 3. The van der Waals surface area contributed by atoms with E-state index in [-0.39, 0.29) is 18.4 Å². The quantitative estimate of drug-likeness (QED) is 0.517. The molecule has 33 heavy (non-hydrogen) atoms. The van der Waals surface area contributed by atoms with Gasteiger partial charge in [0.05, 0.1) is 0 Å². The van der Waals surface area contributed by atoms with Crippen LogP contribution >= 0.6 is 0 Å². The Labute approximate surface area is 199 Å². The Morgan fingerprint density at radius 1 is 1.03 bits per heavy atom. The number of aryl methyl sites for hydroxylation is 2. The third-order valence-corrected chi connectivity index (χ3v) is 4.89. The predicted molar refractivity (Wildman–Crippen MR) is 132 cm³/mol. The van der Waals surface area contributed by atoms with E-state index in [2.05, 4.69) is 17.6 Å². The van der Waals surface area contributed by atoms with Crippen LogP contribution in [0.1, 0.15) is 90.5 Å². The van der Waals surface area contributed by atoms with Gasteiger partial charge in [0.15, 0.2) is 0 Å². The zero-order valence-electron chi connectivity index (χ0n) is 21.9. The molecule has 1 unspecified atom stereocenters. The Morgan fingerprint density at radius 2 is 1.67 bits per heavy atom. The highest BCUT2D eigenvalue weighted by molar-refractivity contribution is 5.91. The third kappa shape index (κ3) is 10.3. The van der Waals surface area contributed by atoms with E-state index in [1.165, 1.54) is 0 Å². The molecule has 3 amide bonds. The molecule has 1 rings (SSSR count). The first-order valence-electron chi connectivity index (χ1n) is 11.8. The topological polar surface area (TPSA) is 87.7 Å². The first kappa shape index (κ1) is 28.5. The van der Waals surface area contributed by atoms with E-state index in [1.807, 2.05) is 52.8 Å². The summed E-state index contributed by atoms with van der Waals surface area (Å²) in [5.74, 6) is -0.565. The highest BCUT2D eigenvalue weighted by Gasteiger charge is 2.34. The number of carbonyl (C=O) groups excluding carboxylic acids is 3. The van der Waals surface area contributed by atoms with Gasteiger partial charge in [0.25, 0.3) is 0 Å². The first-order chi connectivity index (χ1) is 15.1. The average molecular weight is 462 g/mol. The molecule has 0 aliphatic rings. The summed E-state index contributed by atoms with van der Waals surface area (Å²) < 4.78 is 5.26. The van der Waals surface area contributed by atoms with Crippen molar-refractivity contribution in [3.05, 3.63) is 34.9 Å². The van der Waals surface area contributed by atoms with Gasteiger partial charge in [-0.25, -0.2) is 4.79 Å². The second kappa shape index (κ2) is 12.1. The SMILES string of the molecule is CCCCCN(C(=O)CNC(=O)OC(C)(C)C)C(C(=O)NC(C)(C)C)c1cc(C)ccc1C. The minimum atomic E-state index is -0.797. The van der Waals surface area contributed by atoms with Gasteiger partial charge in [-0.15, -0.1) is 0 Å². The number of nitrogens with one attached hydrogen (secondary N) is 2. The van der Waals surface area contributed by atoms with Crippen LogP contribution in [-0.2, 0) is 14.3 Å². The maximum absolute atomic E-state index is 13.5. The van der Waals surface area contributed by atoms with Crippen LogP contribution in [0.2, 0.25) is 0 Å². The number of benzene rings is 1. The molecular formula is C26H43N3O4. The predicted octanol–water partition coefficient (Wildman–Crippen LogP) is 4.80. The summed E-state index contributed by atoms with van der Waals surface area (Å²) in [6, 6.07) is 5.12. The summed E-state index contributed by atoms with van der Waals surface area (Å²) in [7, 11) is 0. The molecule has 0 saturated carbocycles. The first-order valence-corrected chi connectivity index (χ1v) is 11.8. The van der Waals surface area contributed by atoms with Crippen LogP contribution in [0.15, 0.2) is 18.2 Å². The second-order valence-electron chi connectivity index (χ2n) is 10.7. The number of alkyl carbamates (subject to hydrolysis) is 1. The maximum Gasteiger partial charge on any atom is 0.408 e. The number of amides is 3. The standard InChI is InChI=1S/C26H43N3O4/c1-10-11-12-15-29(21(30)17-27-24(32)33-26(7,8)9)22(23(31)28-25(4,5)6)20-16-18(2)13-14-19(20)3/h13-14,16,22H,10-12,15,17H2,1-9H3,(H,27,32)(H,28,31). The molecule has 2 N–H and O–H groups in total. The molecule has 0 fully saturated rings. The molecule has 186 valence electrons. The van der Waals surface area contributed by atoms with Crippen LogP contribution in [0.25, 0.3) is 0 Å². The minimum absolute atomic E-state index is 0.238. The molecule has 0 saturated heterocycles. The normalized spacial score (nSPS) is 12.6. The molecule has 0 aliphatic heterocycles. The lowest BCUT2D eigenvalue weighted by Crippen LogP contribution is -2.51. The number of hydrogen-bond donors (Lipinski definition) is 2. The number of rotatable bonds is 9. The Balaban J connectivity index is 3.32. The average Bonchev–Trinajstić information content (AvgIpc) is 2.65. The van der Waals surface area contributed by atoms with Crippen LogP contribution in [0, 0.1) is 13.8 Å². The van der Waals surface area contributed by atoms with Crippen LogP contribution in [0.4, 0.5) is 4.79 Å². The molecule has 1 aromatic rings. The molecule has 1 aromatic carbocycles. The fourth-order valence-corrected chi connectivity index (χ4v) is 3.44. The highest BCUT2D eigenvalue weighted by Crippen LogP contribution is 2.27. The van der Waals surface area contributed by atoms with E-state index in [9.17, 15) is 14.4 Å². The molecule has 0 bridgehead atoms. The van der Waals surface area contributed by atoms with Crippen molar-refractivity contribution in [2.45, 2.75) is 98.8 Å². The fraction of sp³-hybridized carbons (Fsp3) is 0.654. The third-order valence-electron chi connectivity index (χ3n) is 4.89. The van der Waals surface area contributed by atoms with E-state index in [0.29, 0.717) is 6.54 Å². The lowest BCUT2D eigenvalue weighted by Gasteiger charge is -2.35. The number of hydrogen-bond acceptors (Lipinski definition) is 4. The van der Waals surface area contributed by atoms with Gasteiger partial charge in [-0.3, -0.25) is 9.59 Å². The maximum atomic E-state index is 13.5. The highest BCUT2D eigenvalue weighted by atomic mass is 16.6. The van der Waals surface area contributed by atoms with Crippen LogP contribution in [0.3, 0.4) is 0 Å². The van der Waals surface area contributed by atoms with E-state index < -0.39 is 23.3 Å². The summed E-state index contributed by atoms with van der Waals surface area (Å²) >= 11 is 0. The van der Waals surface area contributed by atoms with Crippen molar-refractivity contribution in [3.63, 3.8) is 0 Å². The second-order valence-corrected chi connectivity index (χ2v) is 10.7. The molecule has 0 aromatic heterocycles. The lowest BCUT2D eigenvalue weighted by atomic mass is 9.95. The molecule has 0 heterocycles. The van der Waals surface area contributed by atoms with Crippen molar-refractivity contribution in [3.8, 4) is 0 Å². The van der Waals surface area contributed by atoms with Gasteiger partial charge < -0.3 is 20.3 Å². The molecule has 0 aliphatic carbocycles. The Hall–Kier alpha value is -2.57. The van der Waals surface area contributed by atoms with Crippen molar-refractivity contribution in [2.24, 2.45) is 0 Å². The van der Waals surface area contributed by atoms with Crippen LogP contribution in [0.5, 0.6) is 0 Å². The summed E-state index contributed by atoms with van der Waals surface area (Å²) in [6.45, 7) is 17.2. The molecule has 7 nitrogen and oxygen atoms in total. The van der Waals surface area contributed by atoms with Gasteiger partial charge >= 0.3 is 6.09 Å². The fourth-order valence-electron chi connectivity index (χ4n) is 3.44. The summed E-state index contributed by atoms with van der Waals surface area (Å²) in [4.78, 5) is 40.6.